The van der Waals surface area contributed by atoms with E-state index in [0.717, 1.165) is 36.5 Å². The normalized spacial score (nSPS) is 32.4. The van der Waals surface area contributed by atoms with Crippen LogP contribution in [-0.4, -0.2) is 34.7 Å². The van der Waals surface area contributed by atoms with Gasteiger partial charge in [-0.15, -0.1) is 0 Å². The number of hydrogen-bond donors (Lipinski definition) is 1. The molecule has 98 valence electrons. The highest BCUT2D eigenvalue weighted by atomic mass is 35.5. The maximum absolute atomic E-state index is 11.0. The highest BCUT2D eigenvalue weighted by Crippen LogP contribution is 2.38. The lowest BCUT2D eigenvalue weighted by Gasteiger charge is -2.37. The number of nitrogens with zero attached hydrogens (tertiary/aromatic N) is 1. The zero-order valence-electron chi connectivity index (χ0n) is 10.6. The van der Waals surface area contributed by atoms with Gasteiger partial charge in [0.25, 0.3) is 0 Å². The van der Waals surface area contributed by atoms with Crippen molar-refractivity contribution in [3.63, 3.8) is 0 Å². The summed E-state index contributed by atoms with van der Waals surface area (Å²) in [5.74, 6) is 0. The number of benzene rings is 1. The lowest BCUT2D eigenvalue weighted by Crippen LogP contribution is -2.48. The molecule has 0 amide bonds. The molecule has 0 radical (unpaired) electrons. The summed E-state index contributed by atoms with van der Waals surface area (Å²) < 4.78 is 0. The van der Waals surface area contributed by atoms with E-state index in [1.54, 1.807) is 0 Å². The largest absolute Gasteiger partial charge is 0.388 e. The number of hydrogen-bond acceptors (Lipinski definition) is 2. The Balaban J connectivity index is 1.81. The van der Waals surface area contributed by atoms with Crippen LogP contribution >= 0.6 is 11.6 Å². The van der Waals surface area contributed by atoms with Crippen molar-refractivity contribution in [3.8, 4) is 0 Å². The third-order valence-electron chi connectivity index (χ3n) is 4.52. The molecule has 2 fully saturated rings. The lowest BCUT2D eigenvalue weighted by molar-refractivity contribution is -0.00884. The molecule has 2 atom stereocenters. The first-order valence-corrected chi connectivity index (χ1v) is 7.27. The average Bonchev–Trinajstić information content (AvgIpc) is 2.71. The molecule has 18 heavy (non-hydrogen) atoms. The van der Waals surface area contributed by atoms with Crippen molar-refractivity contribution in [2.24, 2.45) is 0 Å². The average molecular weight is 266 g/mol. The molecule has 2 aliphatic heterocycles. The Morgan fingerprint density at radius 3 is 2.94 bits per heavy atom. The summed E-state index contributed by atoms with van der Waals surface area (Å²) in [6.07, 6.45) is 5.21. The first-order chi connectivity index (χ1) is 8.69. The summed E-state index contributed by atoms with van der Waals surface area (Å²) in [5.41, 5.74) is 0.500. The second kappa shape index (κ2) is 4.84. The van der Waals surface area contributed by atoms with Gasteiger partial charge in [-0.05, 0) is 37.4 Å². The van der Waals surface area contributed by atoms with E-state index in [1.165, 1.54) is 12.8 Å². The van der Waals surface area contributed by atoms with Gasteiger partial charge >= 0.3 is 0 Å². The Morgan fingerprint density at radius 2 is 2.11 bits per heavy atom. The minimum Gasteiger partial charge on any atom is -0.388 e. The van der Waals surface area contributed by atoms with E-state index in [2.05, 4.69) is 4.90 Å². The summed E-state index contributed by atoms with van der Waals surface area (Å²) in [5, 5.41) is 11.7. The number of aliphatic hydroxyl groups is 1. The zero-order chi connectivity index (χ0) is 12.6. The molecular weight excluding hydrogens is 246 g/mol. The molecule has 0 aliphatic carbocycles. The maximum Gasteiger partial charge on any atom is 0.0854 e. The highest BCUT2D eigenvalue weighted by Gasteiger charge is 2.46. The van der Waals surface area contributed by atoms with E-state index in [1.807, 2.05) is 24.3 Å². The van der Waals surface area contributed by atoms with E-state index in [9.17, 15) is 5.11 Å². The SMILES string of the molecule is OC1(Cc2ccccc2Cl)CCN2CCCCC21. The maximum atomic E-state index is 11.0. The summed E-state index contributed by atoms with van der Waals surface area (Å²) >= 11 is 6.22. The molecule has 2 saturated heterocycles. The quantitative estimate of drug-likeness (QED) is 0.889. The Labute approximate surface area is 114 Å². The topological polar surface area (TPSA) is 23.5 Å². The van der Waals surface area contributed by atoms with Crippen molar-refractivity contribution in [2.75, 3.05) is 13.1 Å². The molecule has 0 spiro atoms. The van der Waals surface area contributed by atoms with Crippen LogP contribution in [0.25, 0.3) is 0 Å². The molecular formula is C15H20ClNO. The first-order valence-electron chi connectivity index (χ1n) is 6.89. The minimum atomic E-state index is -0.578. The molecule has 1 aromatic carbocycles. The highest BCUT2D eigenvalue weighted by molar-refractivity contribution is 6.31. The van der Waals surface area contributed by atoms with E-state index in [4.69, 9.17) is 11.6 Å². The minimum absolute atomic E-state index is 0.336. The van der Waals surface area contributed by atoms with Crippen LogP contribution in [0.4, 0.5) is 0 Å². The molecule has 2 unspecified atom stereocenters. The van der Waals surface area contributed by atoms with Gasteiger partial charge in [-0.2, -0.15) is 0 Å². The molecule has 2 nitrogen and oxygen atoms in total. The van der Waals surface area contributed by atoms with Crippen molar-refractivity contribution in [1.29, 1.82) is 0 Å². The third-order valence-corrected chi connectivity index (χ3v) is 4.89. The predicted octanol–water partition coefficient (Wildman–Crippen LogP) is 2.87. The van der Waals surface area contributed by atoms with Crippen LogP contribution < -0.4 is 0 Å². The number of piperidine rings is 1. The standard InChI is InChI=1S/C15H20ClNO/c16-13-6-2-1-5-12(13)11-15(18)8-10-17-9-4-3-7-14(15)17/h1-2,5-6,14,18H,3-4,7-11H2. The van der Waals surface area contributed by atoms with Crippen molar-refractivity contribution >= 4 is 11.6 Å². The van der Waals surface area contributed by atoms with Crippen molar-refractivity contribution < 1.29 is 5.11 Å². The fourth-order valence-corrected chi connectivity index (χ4v) is 3.75. The molecule has 3 rings (SSSR count). The Bertz CT molecular complexity index is 436. The second-order valence-corrected chi connectivity index (χ2v) is 6.08. The van der Waals surface area contributed by atoms with E-state index in [-0.39, 0.29) is 0 Å². The van der Waals surface area contributed by atoms with Crippen LogP contribution in [0, 0.1) is 0 Å². The Hall–Kier alpha value is -0.570. The molecule has 2 aliphatic rings. The summed E-state index contributed by atoms with van der Waals surface area (Å²) in [4.78, 5) is 2.46. The summed E-state index contributed by atoms with van der Waals surface area (Å²) in [6, 6.07) is 8.22. The van der Waals surface area contributed by atoms with Crippen molar-refractivity contribution in [1.82, 2.24) is 4.90 Å². The second-order valence-electron chi connectivity index (χ2n) is 5.67. The molecule has 1 aromatic rings. The smallest absolute Gasteiger partial charge is 0.0854 e. The van der Waals surface area contributed by atoms with Gasteiger partial charge in [-0.1, -0.05) is 36.2 Å². The summed E-state index contributed by atoms with van der Waals surface area (Å²) in [7, 11) is 0. The van der Waals surface area contributed by atoms with Gasteiger partial charge < -0.3 is 5.11 Å². The Kier molecular flexibility index (Phi) is 3.35. The monoisotopic (exact) mass is 265 g/mol. The van der Waals surface area contributed by atoms with Gasteiger partial charge in [-0.3, -0.25) is 4.90 Å². The van der Waals surface area contributed by atoms with E-state index >= 15 is 0 Å². The van der Waals surface area contributed by atoms with Crippen LogP contribution in [0.15, 0.2) is 24.3 Å². The fourth-order valence-electron chi connectivity index (χ4n) is 3.55. The van der Waals surface area contributed by atoms with Crippen molar-refractivity contribution in [3.05, 3.63) is 34.9 Å². The first kappa shape index (κ1) is 12.5. The van der Waals surface area contributed by atoms with Gasteiger partial charge in [0.2, 0.25) is 0 Å². The van der Waals surface area contributed by atoms with Crippen molar-refractivity contribution in [2.45, 2.75) is 43.7 Å². The number of rotatable bonds is 2. The molecule has 0 bridgehead atoms. The third kappa shape index (κ3) is 2.18. The lowest BCUT2D eigenvalue weighted by atomic mass is 9.84. The molecule has 0 saturated carbocycles. The van der Waals surface area contributed by atoms with Gasteiger partial charge in [0, 0.05) is 24.0 Å². The molecule has 1 N–H and O–H groups in total. The number of fused-ring (bicyclic) bond motifs is 1. The Morgan fingerprint density at radius 1 is 1.28 bits per heavy atom. The van der Waals surface area contributed by atoms with Crippen LogP contribution in [0.5, 0.6) is 0 Å². The van der Waals surface area contributed by atoms with Crippen LogP contribution in [-0.2, 0) is 6.42 Å². The van der Waals surface area contributed by atoms with Crippen LogP contribution in [0.3, 0.4) is 0 Å². The van der Waals surface area contributed by atoms with Gasteiger partial charge in [-0.25, -0.2) is 0 Å². The molecule has 2 heterocycles. The molecule has 0 aromatic heterocycles. The van der Waals surface area contributed by atoms with Gasteiger partial charge in [0.15, 0.2) is 0 Å². The molecule has 3 heteroatoms. The zero-order valence-corrected chi connectivity index (χ0v) is 11.4. The van der Waals surface area contributed by atoms with Crippen LogP contribution in [0.1, 0.15) is 31.2 Å². The predicted molar refractivity (Wildman–Crippen MR) is 73.9 cm³/mol. The van der Waals surface area contributed by atoms with E-state index in [0.29, 0.717) is 12.5 Å². The summed E-state index contributed by atoms with van der Waals surface area (Å²) in [6.45, 7) is 2.18. The van der Waals surface area contributed by atoms with Gasteiger partial charge in [0.1, 0.15) is 0 Å². The van der Waals surface area contributed by atoms with Crippen LogP contribution in [0.2, 0.25) is 5.02 Å². The van der Waals surface area contributed by atoms with E-state index < -0.39 is 5.60 Å². The fraction of sp³-hybridized carbons (Fsp3) is 0.600. The van der Waals surface area contributed by atoms with Gasteiger partial charge in [0.05, 0.1) is 5.60 Å². The number of halogens is 1.